The summed E-state index contributed by atoms with van der Waals surface area (Å²) in [6.45, 7) is 0.625. The first kappa shape index (κ1) is 11.8. The summed E-state index contributed by atoms with van der Waals surface area (Å²) < 4.78 is 24.5. The Kier molecular flexibility index (Phi) is 3.26. The van der Waals surface area contributed by atoms with Gasteiger partial charge in [-0.3, -0.25) is 4.68 Å². The number of sulfonamides is 1. The van der Waals surface area contributed by atoms with Crippen LogP contribution in [0.3, 0.4) is 0 Å². The van der Waals surface area contributed by atoms with Crippen molar-refractivity contribution in [3.05, 3.63) is 48.3 Å². The van der Waals surface area contributed by atoms with Gasteiger partial charge in [0.2, 0.25) is 10.0 Å². The first-order valence-electron chi connectivity index (χ1n) is 5.15. The lowest BCUT2D eigenvalue weighted by molar-refractivity contribution is 0.590. The summed E-state index contributed by atoms with van der Waals surface area (Å²) in [5.74, 6) is 0. The van der Waals surface area contributed by atoms with E-state index >= 15 is 0 Å². The fraction of sp³-hybridized carbons (Fsp3) is 0.182. The van der Waals surface area contributed by atoms with Gasteiger partial charge in [-0.05, 0) is 24.1 Å². The fourth-order valence-electron chi connectivity index (χ4n) is 1.66. The molecule has 0 aliphatic rings. The van der Waals surface area contributed by atoms with Gasteiger partial charge < -0.3 is 0 Å². The maximum atomic E-state index is 11.4. The molecule has 1 aromatic heterocycles. The van der Waals surface area contributed by atoms with Gasteiger partial charge in [0.15, 0.2) is 0 Å². The molecule has 0 aliphatic heterocycles. The van der Waals surface area contributed by atoms with Crippen LogP contribution < -0.4 is 5.14 Å². The number of rotatable bonds is 4. The molecule has 6 heteroatoms. The van der Waals surface area contributed by atoms with E-state index in [1.165, 1.54) is 6.07 Å². The molecule has 0 unspecified atom stereocenters. The maximum absolute atomic E-state index is 11.4. The second-order valence-electron chi connectivity index (χ2n) is 3.67. The molecule has 0 saturated carbocycles. The molecule has 0 radical (unpaired) electrons. The highest BCUT2D eigenvalue weighted by Crippen LogP contribution is 2.14. The molecular weight excluding hydrogens is 238 g/mol. The lowest BCUT2D eigenvalue weighted by atomic mass is 10.1. The predicted octanol–water partition coefficient (Wildman–Crippen LogP) is 0.773. The Morgan fingerprint density at radius 3 is 2.65 bits per heavy atom. The van der Waals surface area contributed by atoms with Gasteiger partial charge in [-0.25, -0.2) is 13.6 Å². The van der Waals surface area contributed by atoms with Crippen LogP contribution >= 0.6 is 0 Å². The molecule has 0 aliphatic carbocycles. The summed E-state index contributed by atoms with van der Waals surface area (Å²) in [6.07, 6.45) is 4.10. The Morgan fingerprint density at radius 1 is 1.24 bits per heavy atom. The van der Waals surface area contributed by atoms with Crippen LogP contribution in [-0.2, 0) is 23.0 Å². The fourth-order valence-corrected chi connectivity index (χ4v) is 2.46. The van der Waals surface area contributed by atoms with Crippen molar-refractivity contribution in [1.82, 2.24) is 9.78 Å². The summed E-state index contributed by atoms with van der Waals surface area (Å²) >= 11 is 0. The van der Waals surface area contributed by atoms with Gasteiger partial charge in [0, 0.05) is 18.9 Å². The summed E-state index contributed by atoms with van der Waals surface area (Å²) in [6, 6.07) is 8.58. The van der Waals surface area contributed by atoms with Crippen molar-refractivity contribution in [1.29, 1.82) is 0 Å². The minimum atomic E-state index is -3.65. The predicted molar refractivity (Wildman–Crippen MR) is 63.7 cm³/mol. The Labute approximate surface area is 99.9 Å². The van der Waals surface area contributed by atoms with Gasteiger partial charge >= 0.3 is 0 Å². The molecule has 0 bridgehead atoms. The molecular formula is C11H13N3O2S. The number of nitrogens with two attached hydrogens (primary N) is 1. The van der Waals surface area contributed by atoms with Crippen molar-refractivity contribution >= 4 is 10.0 Å². The topological polar surface area (TPSA) is 78.0 Å². The second-order valence-corrected chi connectivity index (χ2v) is 5.20. The SMILES string of the molecule is NS(=O)(=O)c1ccccc1CCn1cccn1. The lowest BCUT2D eigenvalue weighted by Crippen LogP contribution is -2.15. The number of nitrogens with zero attached hydrogens (tertiary/aromatic N) is 2. The van der Waals surface area contributed by atoms with Crippen molar-refractivity contribution < 1.29 is 8.42 Å². The van der Waals surface area contributed by atoms with E-state index in [1.807, 2.05) is 12.3 Å². The van der Waals surface area contributed by atoms with Gasteiger partial charge in [0.25, 0.3) is 0 Å². The third kappa shape index (κ3) is 2.92. The third-order valence-corrected chi connectivity index (χ3v) is 3.46. The Hall–Kier alpha value is -1.66. The zero-order valence-corrected chi connectivity index (χ0v) is 9.97. The quantitative estimate of drug-likeness (QED) is 0.872. The Morgan fingerprint density at radius 2 is 2.00 bits per heavy atom. The highest BCUT2D eigenvalue weighted by molar-refractivity contribution is 7.89. The number of aromatic nitrogens is 2. The highest BCUT2D eigenvalue weighted by Gasteiger charge is 2.12. The molecule has 5 nitrogen and oxygen atoms in total. The molecule has 2 N–H and O–H groups in total. The van der Waals surface area contributed by atoms with Crippen LogP contribution in [0.15, 0.2) is 47.6 Å². The van der Waals surface area contributed by atoms with Crippen molar-refractivity contribution in [2.75, 3.05) is 0 Å². The van der Waals surface area contributed by atoms with Gasteiger partial charge in [0.05, 0.1) is 4.90 Å². The van der Waals surface area contributed by atoms with Gasteiger partial charge in [-0.15, -0.1) is 0 Å². The number of hydrogen-bond donors (Lipinski definition) is 1. The average molecular weight is 251 g/mol. The Balaban J connectivity index is 2.22. The van der Waals surface area contributed by atoms with E-state index in [2.05, 4.69) is 5.10 Å². The maximum Gasteiger partial charge on any atom is 0.238 e. The summed E-state index contributed by atoms with van der Waals surface area (Å²) in [4.78, 5) is 0.187. The van der Waals surface area contributed by atoms with Crippen LogP contribution in [-0.4, -0.2) is 18.2 Å². The zero-order valence-electron chi connectivity index (χ0n) is 9.15. The molecule has 90 valence electrons. The van der Waals surface area contributed by atoms with Crippen molar-refractivity contribution in [3.63, 3.8) is 0 Å². The van der Waals surface area contributed by atoms with Crippen LogP contribution in [0.2, 0.25) is 0 Å². The van der Waals surface area contributed by atoms with Crippen LogP contribution in [0.1, 0.15) is 5.56 Å². The second kappa shape index (κ2) is 4.68. The van der Waals surface area contributed by atoms with E-state index in [0.717, 1.165) is 0 Å². The molecule has 0 amide bonds. The minimum absolute atomic E-state index is 0.187. The van der Waals surface area contributed by atoms with E-state index in [0.29, 0.717) is 18.5 Å². The first-order chi connectivity index (χ1) is 8.07. The summed E-state index contributed by atoms with van der Waals surface area (Å²) in [5, 5.41) is 9.22. The third-order valence-electron chi connectivity index (χ3n) is 2.45. The first-order valence-corrected chi connectivity index (χ1v) is 6.70. The zero-order chi connectivity index (χ0) is 12.3. The van der Waals surface area contributed by atoms with E-state index in [-0.39, 0.29) is 4.90 Å². The van der Waals surface area contributed by atoms with Crippen molar-refractivity contribution in [2.45, 2.75) is 17.9 Å². The summed E-state index contributed by atoms with van der Waals surface area (Å²) in [7, 11) is -3.65. The number of benzene rings is 1. The molecule has 0 spiro atoms. The largest absolute Gasteiger partial charge is 0.272 e. The molecule has 0 saturated heterocycles. The van der Waals surface area contributed by atoms with Crippen molar-refractivity contribution in [3.8, 4) is 0 Å². The Bertz CT molecular complexity index is 591. The van der Waals surface area contributed by atoms with E-state index in [4.69, 9.17) is 5.14 Å². The van der Waals surface area contributed by atoms with Gasteiger partial charge in [-0.1, -0.05) is 18.2 Å². The van der Waals surface area contributed by atoms with E-state index in [9.17, 15) is 8.42 Å². The molecule has 0 fully saturated rings. The van der Waals surface area contributed by atoms with Crippen LogP contribution in [0.25, 0.3) is 0 Å². The van der Waals surface area contributed by atoms with Crippen LogP contribution in [0.4, 0.5) is 0 Å². The van der Waals surface area contributed by atoms with Crippen LogP contribution in [0, 0.1) is 0 Å². The van der Waals surface area contributed by atoms with E-state index < -0.39 is 10.0 Å². The molecule has 17 heavy (non-hydrogen) atoms. The number of aryl methyl sites for hydroxylation is 2. The normalized spacial score (nSPS) is 11.6. The lowest BCUT2D eigenvalue weighted by Gasteiger charge is -2.07. The number of hydrogen-bond acceptors (Lipinski definition) is 3. The molecule has 2 rings (SSSR count). The standard InChI is InChI=1S/C11H13N3O2S/c12-17(15,16)11-5-2-1-4-10(11)6-9-14-8-3-7-13-14/h1-5,7-8H,6,9H2,(H2,12,15,16). The minimum Gasteiger partial charge on any atom is -0.272 e. The molecule has 1 aromatic carbocycles. The monoisotopic (exact) mass is 251 g/mol. The summed E-state index contributed by atoms with van der Waals surface area (Å²) in [5.41, 5.74) is 0.713. The van der Waals surface area contributed by atoms with Crippen molar-refractivity contribution in [2.24, 2.45) is 5.14 Å². The average Bonchev–Trinajstić information content (AvgIpc) is 2.78. The van der Waals surface area contributed by atoms with Crippen LogP contribution in [0.5, 0.6) is 0 Å². The highest BCUT2D eigenvalue weighted by atomic mass is 32.2. The number of primary sulfonamides is 1. The molecule has 2 aromatic rings. The smallest absolute Gasteiger partial charge is 0.238 e. The molecule has 0 atom stereocenters. The van der Waals surface area contributed by atoms with Gasteiger partial charge in [-0.2, -0.15) is 5.10 Å². The van der Waals surface area contributed by atoms with Gasteiger partial charge in [0.1, 0.15) is 0 Å². The molecule has 1 heterocycles. The van der Waals surface area contributed by atoms with E-state index in [1.54, 1.807) is 29.1 Å².